The first-order valence-corrected chi connectivity index (χ1v) is 4.79. The van der Waals surface area contributed by atoms with E-state index in [9.17, 15) is 4.79 Å². The van der Waals surface area contributed by atoms with Crippen LogP contribution in [0.2, 0.25) is 0 Å². The maximum atomic E-state index is 11.4. The van der Waals surface area contributed by atoms with Crippen molar-refractivity contribution in [2.75, 3.05) is 33.8 Å². The van der Waals surface area contributed by atoms with Crippen molar-refractivity contribution in [1.29, 1.82) is 0 Å². The molecule has 0 aliphatic heterocycles. The zero-order chi connectivity index (χ0) is 11.0. The lowest BCUT2D eigenvalue weighted by molar-refractivity contribution is -0.138. The van der Waals surface area contributed by atoms with Crippen molar-refractivity contribution in [3.63, 3.8) is 0 Å². The van der Waals surface area contributed by atoms with Crippen molar-refractivity contribution in [2.45, 2.75) is 13.3 Å². The van der Waals surface area contributed by atoms with Gasteiger partial charge in [-0.1, -0.05) is 6.08 Å². The molecule has 0 atom stereocenters. The van der Waals surface area contributed by atoms with Gasteiger partial charge in [0.25, 0.3) is 0 Å². The number of rotatable bonds is 6. The molecule has 0 heterocycles. The predicted octanol–water partition coefficient (Wildman–Crippen LogP) is 0.808. The second-order valence-corrected chi connectivity index (χ2v) is 3.29. The second kappa shape index (κ2) is 9.96. The van der Waals surface area contributed by atoms with E-state index in [2.05, 4.69) is 0 Å². The Hall–Kier alpha value is -0.580. The fourth-order valence-electron chi connectivity index (χ4n) is 0.953. The second-order valence-electron chi connectivity index (χ2n) is 3.29. The molecule has 0 saturated carbocycles. The summed E-state index contributed by atoms with van der Waals surface area (Å²) in [4.78, 5) is 13.4. The van der Waals surface area contributed by atoms with Crippen molar-refractivity contribution in [1.82, 2.24) is 4.90 Å². The Kier molecular flexibility index (Phi) is 11.2. The molecule has 0 amide bonds. The van der Waals surface area contributed by atoms with Gasteiger partial charge >= 0.3 is 5.97 Å². The Morgan fingerprint density at radius 3 is 2.47 bits per heavy atom. The van der Waals surface area contributed by atoms with E-state index in [0.29, 0.717) is 18.5 Å². The molecule has 15 heavy (non-hydrogen) atoms. The molecule has 5 heteroatoms. The van der Waals surface area contributed by atoms with Crippen molar-refractivity contribution in [2.24, 2.45) is 5.73 Å². The van der Waals surface area contributed by atoms with Crippen LogP contribution in [0.5, 0.6) is 0 Å². The smallest absolute Gasteiger partial charge is 0.333 e. The third kappa shape index (κ3) is 8.42. The van der Waals surface area contributed by atoms with Crippen LogP contribution in [-0.2, 0) is 9.53 Å². The van der Waals surface area contributed by atoms with Gasteiger partial charge in [-0.2, -0.15) is 0 Å². The van der Waals surface area contributed by atoms with Gasteiger partial charge < -0.3 is 15.4 Å². The normalized spacial score (nSPS) is 11.1. The molecule has 0 unspecified atom stereocenters. The maximum absolute atomic E-state index is 11.4. The highest BCUT2D eigenvalue weighted by Gasteiger charge is 2.09. The minimum atomic E-state index is -0.250. The predicted molar refractivity (Wildman–Crippen MR) is 64.2 cm³/mol. The molecule has 0 aromatic heterocycles. The molecule has 2 N–H and O–H groups in total. The molecule has 90 valence electrons. The lowest BCUT2D eigenvalue weighted by Gasteiger charge is -2.11. The van der Waals surface area contributed by atoms with Gasteiger partial charge in [-0.05, 0) is 27.4 Å². The number of allylic oxidation sites excluding steroid dienone is 1. The summed E-state index contributed by atoms with van der Waals surface area (Å²) >= 11 is 0. The zero-order valence-corrected chi connectivity index (χ0v) is 10.5. The first kappa shape index (κ1) is 16.8. The quantitative estimate of drug-likeness (QED) is 0.548. The summed E-state index contributed by atoms with van der Waals surface area (Å²) in [5.74, 6) is -0.250. The maximum Gasteiger partial charge on any atom is 0.333 e. The van der Waals surface area contributed by atoms with Crippen LogP contribution in [0, 0.1) is 0 Å². The van der Waals surface area contributed by atoms with Crippen LogP contribution < -0.4 is 5.73 Å². The van der Waals surface area contributed by atoms with Gasteiger partial charge in [-0.15, -0.1) is 12.4 Å². The van der Waals surface area contributed by atoms with Crippen LogP contribution in [0.1, 0.15) is 13.3 Å². The summed E-state index contributed by atoms with van der Waals surface area (Å²) in [6.45, 7) is 3.35. The Morgan fingerprint density at radius 2 is 2.07 bits per heavy atom. The standard InChI is InChI=1S/C10H20N2O2.ClH/c1-4-9(5-7-12(2)3)10(13)14-8-6-11;/h4H,5-8,11H2,1-3H3;1H. The SMILES string of the molecule is CC=C(CCN(C)C)C(=O)OCCN.Cl. The van der Waals surface area contributed by atoms with Crippen molar-refractivity contribution >= 4 is 18.4 Å². The number of esters is 1. The van der Waals surface area contributed by atoms with E-state index in [-0.39, 0.29) is 25.0 Å². The molecule has 0 bridgehead atoms. The van der Waals surface area contributed by atoms with E-state index >= 15 is 0 Å². The summed E-state index contributed by atoms with van der Waals surface area (Å²) in [7, 11) is 3.94. The van der Waals surface area contributed by atoms with Gasteiger partial charge in [0.05, 0.1) is 0 Å². The Labute approximate surface area is 97.9 Å². The number of carbonyl (C=O) groups excluding carboxylic acids is 1. The molecule has 0 aromatic carbocycles. The number of halogens is 1. The molecular weight excluding hydrogens is 216 g/mol. The Bertz CT molecular complexity index is 206. The van der Waals surface area contributed by atoms with Crippen LogP contribution in [0.4, 0.5) is 0 Å². The molecule has 0 radical (unpaired) electrons. The van der Waals surface area contributed by atoms with E-state index in [1.165, 1.54) is 0 Å². The van der Waals surface area contributed by atoms with Crippen molar-refractivity contribution < 1.29 is 9.53 Å². The van der Waals surface area contributed by atoms with Gasteiger partial charge in [0, 0.05) is 18.7 Å². The molecule has 0 spiro atoms. The summed E-state index contributed by atoms with van der Waals surface area (Å²) in [5.41, 5.74) is 5.95. The lowest BCUT2D eigenvalue weighted by Crippen LogP contribution is -2.19. The number of carbonyl (C=O) groups is 1. The Morgan fingerprint density at radius 1 is 1.47 bits per heavy atom. The molecule has 4 nitrogen and oxygen atoms in total. The molecule has 0 fully saturated rings. The average Bonchev–Trinajstić information content (AvgIpc) is 2.15. The highest BCUT2D eigenvalue weighted by Crippen LogP contribution is 2.04. The van der Waals surface area contributed by atoms with Gasteiger partial charge in [0.1, 0.15) is 6.61 Å². The molecule has 0 aliphatic carbocycles. The third-order valence-electron chi connectivity index (χ3n) is 1.79. The number of nitrogens with zero attached hydrogens (tertiary/aromatic N) is 1. The van der Waals surface area contributed by atoms with Crippen molar-refractivity contribution in [3.8, 4) is 0 Å². The topological polar surface area (TPSA) is 55.6 Å². The van der Waals surface area contributed by atoms with Crippen LogP contribution in [0.3, 0.4) is 0 Å². The van der Waals surface area contributed by atoms with E-state index in [4.69, 9.17) is 10.5 Å². The van der Waals surface area contributed by atoms with Crippen LogP contribution in [0.15, 0.2) is 11.6 Å². The molecule has 0 aromatic rings. The Balaban J connectivity index is 0. The fourth-order valence-corrected chi connectivity index (χ4v) is 0.953. The first-order valence-electron chi connectivity index (χ1n) is 4.79. The van der Waals surface area contributed by atoms with Gasteiger partial charge in [0.2, 0.25) is 0 Å². The molecular formula is C10H21ClN2O2. The fraction of sp³-hybridized carbons (Fsp3) is 0.700. The number of hydrogen-bond acceptors (Lipinski definition) is 4. The van der Waals surface area contributed by atoms with E-state index < -0.39 is 0 Å². The number of hydrogen-bond donors (Lipinski definition) is 1. The van der Waals surface area contributed by atoms with E-state index in [1.54, 1.807) is 6.08 Å². The van der Waals surface area contributed by atoms with E-state index in [0.717, 1.165) is 6.54 Å². The highest BCUT2D eigenvalue weighted by atomic mass is 35.5. The van der Waals surface area contributed by atoms with E-state index in [1.807, 2.05) is 25.9 Å². The van der Waals surface area contributed by atoms with Gasteiger partial charge in [-0.3, -0.25) is 0 Å². The number of nitrogens with two attached hydrogens (primary N) is 1. The highest BCUT2D eigenvalue weighted by molar-refractivity contribution is 5.88. The van der Waals surface area contributed by atoms with Crippen LogP contribution >= 0.6 is 12.4 Å². The van der Waals surface area contributed by atoms with Gasteiger partial charge in [0.15, 0.2) is 0 Å². The molecule has 0 saturated heterocycles. The molecule has 0 aliphatic rings. The monoisotopic (exact) mass is 236 g/mol. The number of ether oxygens (including phenoxy) is 1. The summed E-state index contributed by atoms with van der Waals surface area (Å²) in [5, 5.41) is 0. The van der Waals surface area contributed by atoms with Crippen LogP contribution in [-0.4, -0.2) is 44.7 Å². The van der Waals surface area contributed by atoms with Crippen LogP contribution in [0.25, 0.3) is 0 Å². The first-order chi connectivity index (χ1) is 6.61. The summed E-state index contributed by atoms with van der Waals surface area (Å²) in [6, 6.07) is 0. The summed E-state index contributed by atoms with van der Waals surface area (Å²) in [6.07, 6.45) is 2.51. The van der Waals surface area contributed by atoms with Gasteiger partial charge in [-0.25, -0.2) is 4.79 Å². The minimum absolute atomic E-state index is 0. The van der Waals surface area contributed by atoms with Crippen molar-refractivity contribution in [3.05, 3.63) is 11.6 Å². The largest absolute Gasteiger partial charge is 0.461 e. The zero-order valence-electron chi connectivity index (χ0n) is 9.66. The summed E-state index contributed by atoms with van der Waals surface area (Å²) < 4.78 is 4.93. The lowest BCUT2D eigenvalue weighted by atomic mass is 10.2. The minimum Gasteiger partial charge on any atom is -0.461 e. The average molecular weight is 237 g/mol. The molecule has 0 rings (SSSR count). The third-order valence-corrected chi connectivity index (χ3v) is 1.79.